The first-order valence-corrected chi connectivity index (χ1v) is 10.8. The summed E-state index contributed by atoms with van der Waals surface area (Å²) < 4.78 is 3.31. The number of hydrogen-bond acceptors (Lipinski definition) is 2. The maximum atomic E-state index is 5.73. The van der Waals surface area contributed by atoms with Gasteiger partial charge in [0.15, 0.2) is 5.11 Å². The summed E-state index contributed by atoms with van der Waals surface area (Å²) in [6.07, 6.45) is 6.20. The van der Waals surface area contributed by atoms with Crippen LogP contribution in [0.5, 0.6) is 0 Å². The molecule has 0 aliphatic carbocycles. The molecule has 28 heavy (non-hydrogen) atoms. The van der Waals surface area contributed by atoms with E-state index in [-0.39, 0.29) is 12.1 Å². The largest absolute Gasteiger partial charge is 0.352 e. The predicted octanol–water partition coefficient (Wildman–Crippen LogP) is 5.41. The number of thiocarbonyl (C=S) groups is 1. The number of nitrogens with one attached hydrogen (secondary N) is 1. The Hall–Kier alpha value is -2.18. The number of rotatable bonds is 6. The molecule has 0 amide bonds. The molecule has 6 heteroatoms. The predicted molar refractivity (Wildman–Crippen MR) is 121 cm³/mol. The molecule has 0 radical (unpaired) electrons. The van der Waals surface area contributed by atoms with Gasteiger partial charge in [-0.25, -0.2) is 0 Å². The maximum absolute atomic E-state index is 5.73. The van der Waals surface area contributed by atoms with Crippen LogP contribution in [0.2, 0.25) is 0 Å². The Morgan fingerprint density at radius 3 is 2.79 bits per heavy atom. The monoisotopic (exact) mass is 454 g/mol. The van der Waals surface area contributed by atoms with E-state index in [9.17, 15) is 0 Å². The van der Waals surface area contributed by atoms with Crippen LogP contribution in [0.25, 0.3) is 5.69 Å². The second kappa shape index (κ2) is 8.45. The van der Waals surface area contributed by atoms with Crippen LogP contribution in [0.15, 0.2) is 71.5 Å². The molecule has 144 valence electrons. The molecule has 1 aromatic carbocycles. The van der Waals surface area contributed by atoms with E-state index in [0.717, 1.165) is 40.4 Å². The normalized spacial score (nSPS) is 19.1. The Balaban J connectivity index is 1.79. The van der Waals surface area contributed by atoms with E-state index in [1.54, 1.807) is 0 Å². The molecule has 0 bridgehead atoms. The molecule has 4 rings (SSSR count). The molecule has 0 spiro atoms. The van der Waals surface area contributed by atoms with Crippen LogP contribution in [0.1, 0.15) is 43.2 Å². The Kier molecular flexibility index (Phi) is 5.78. The summed E-state index contributed by atoms with van der Waals surface area (Å²) in [5, 5.41) is 4.33. The highest BCUT2D eigenvalue weighted by molar-refractivity contribution is 9.10. The standard InChI is InChI=1S/C22H23BrN4S/c1-2-3-13-27-21(20(25-22(27)28)18-10-4-5-12-24-18)19-11-7-14-26(19)17-9-6-8-16(23)15-17/h4-12,14-15,20-21H,2-3,13H2,1H3,(H,25,28)/t20-,21+/m1/s1. The zero-order chi connectivity index (χ0) is 19.5. The number of unbranched alkanes of at least 4 members (excludes halogenated alkanes) is 1. The Labute approximate surface area is 179 Å². The van der Waals surface area contributed by atoms with Crippen molar-refractivity contribution in [2.45, 2.75) is 31.8 Å². The number of hydrogen-bond donors (Lipinski definition) is 1. The molecule has 1 N–H and O–H groups in total. The highest BCUT2D eigenvalue weighted by Gasteiger charge is 2.40. The van der Waals surface area contributed by atoms with Gasteiger partial charge < -0.3 is 14.8 Å². The average Bonchev–Trinajstić information content (AvgIpc) is 3.31. The summed E-state index contributed by atoms with van der Waals surface area (Å²) in [4.78, 5) is 6.94. The lowest BCUT2D eigenvalue weighted by Gasteiger charge is -2.29. The van der Waals surface area contributed by atoms with Crippen LogP contribution in [0, 0.1) is 0 Å². The van der Waals surface area contributed by atoms with Crippen molar-refractivity contribution in [3.05, 3.63) is 82.9 Å². The van der Waals surface area contributed by atoms with Gasteiger partial charge in [-0.1, -0.05) is 41.4 Å². The molecular formula is C22H23BrN4S. The van der Waals surface area contributed by atoms with Gasteiger partial charge in [-0.3, -0.25) is 4.98 Å². The fraction of sp³-hybridized carbons (Fsp3) is 0.273. The molecule has 1 aliphatic rings. The summed E-state index contributed by atoms with van der Waals surface area (Å²) >= 11 is 9.33. The van der Waals surface area contributed by atoms with Gasteiger partial charge in [0.2, 0.25) is 0 Å². The van der Waals surface area contributed by atoms with E-state index in [1.165, 1.54) is 5.69 Å². The van der Waals surface area contributed by atoms with Gasteiger partial charge in [-0.05, 0) is 61.1 Å². The molecule has 1 aliphatic heterocycles. The molecule has 0 unspecified atom stereocenters. The molecule has 3 heterocycles. The Morgan fingerprint density at radius 1 is 1.14 bits per heavy atom. The average molecular weight is 455 g/mol. The number of pyridine rings is 1. The van der Waals surface area contributed by atoms with Crippen molar-refractivity contribution in [2.24, 2.45) is 0 Å². The van der Waals surface area contributed by atoms with E-state index in [0.29, 0.717) is 0 Å². The van der Waals surface area contributed by atoms with E-state index in [1.807, 2.05) is 24.4 Å². The molecule has 1 fully saturated rings. The lowest BCUT2D eigenvalue weighted by Crippen LogP contribution is -2.31. The third-order valence-electron chi connectivity index (χ3n) is 5.12. The number of aromatic nitrogens is 2. The zero-order valence-corrected chi connectivity index (χ0v) is 18.2. The second-order valence-corrected chi connectivity index (χ2v) is 8.26. The Bertz CT molecular complexity index is 956. The molecule has 0 saturated carbocycles. The summed E-state index contributed by atoms with van der Waals surface area (Å²) in [6.45, 7) is 3.14. The minimum Gasteiger partial charge on any atom is -0.352 e. The molecule has 2 aromatic heterocycles. The van der Waals surface area contributed by atoms with Crippen LogP contribution < -0.4 is 5.32 Å². The zero-order valence-electron chi connectivity index (χ0n) is 15.8. The number of benzene rings is 1. The van der Waals surface area contributed by atoms with Crippen LogP contribution in [-0.2, 0) is 0 Å². The summed E-state index contributed by atoms with van der Waals surface area (Å²) in [6, 6.07) is 18.8. The fourth-order valence-electron chi connectivity index (χ4n) is 3.79. The fourth-order valence-corrected chi connectivity index (χ4v) is 4.51. The summed E-state index contributed by atoms with van der Waals surface area (Å²) in [7, 11) is 0. The third kappa shape index (κ3) is 3.71. The lowest BCUT2D eigenvalue weighted by atomic mass is 10.0. The first-order valence-electron chi connectivity index (χ1n) is 9.60. The third-order valence-corrected chi connectivity index (χ3v) is 5.97. The SMILES string of the molecule is CCCCN1C(=S)N[C@H](c2ccccn2)[C@@H]1c1cccn1-c1cccc(Br)c1. The molecule has 3 aromatic rings. The van der Waals surface area contributed by atoms with Crippen molar-refractivity contribution in [1.29, 1.82) is 0 Å². The highest BCUT2D eigenvalue weighted by atomic mass is 79.9. The van der Waals surface area contributed by atoms with Crippen molar-refractivity contribution in [1.82, 2.24) is 19.8 Å². The first-order chi connectivity index (χ1) is 13.7. The van der Waals surface area contributed by atoms with Gasteiger partial charge in [0.1, 0.15) is 0 Å². The Morgan fingerprint density at radius 2 is 2.04 bits per heavy atom. The minimum atomic E-state index is 0.0198. The molecular weight excluding hydrogens is 432 g/mol. The van der Waals surface area contributed by atoms with E-state index < -0.39 is 0 Å². The van der Waals surface area contributed by atoms with Crippen LogP contribution in [0.4, 0.5) is 0 Å². The van der Waals surface area contributed by atoms with Crippen LogP contribution >= 0.6 is 28.1 Å². The lowest BCUT2D eigenvalue weighted by molar-refractivity contribution is 0.304. The molecule has 4 nitrogen and oxygen atoms in total. The second-order valence-electron chi connectivity index (χ2n) is 6.96. The molecule has 2 atom stereocenters. The van der Waals surface area contributed by atoms with Gasteiger partial charge >= 0.3 is 0 Å². The topological polar surface area (TPSA) is 33.1 Å². The minimum absolute atomic E-state index is 0.0198. The van der Waals surface area contributed by atoms with E-state index >= 15 is 0 Å². The van der Waals surface area contributed by atoms with Gasteiger partial charge in [0, 0.05) is 34.8 Å². The van der Waals surface area contributed by atoms with Crippen molar-refractivity contribution in [2.75, 3.05) is 6.54 Å². The van der Waals surface area contributed by atoms with Crippen LogP contribution in [-0.4, -0.2) is 26.1 Å². The van der Waals surface area contributed by atoms with Crippen molar-refractivity contribution in [3.63, 3.8) is 0 Å². The van der Waals surface area contributed by atoms with Crippen LogP contribution in [0.3, 0.4) is 0 Å². The quantitative estimate of drug-likeness (QED) is 0.504. The van der Waals surface area contributed by atoms with Crippen molar-refractivity contribution >= 4 is 33.3 Å². The maximum Gasteiger partial charge on any atom is 0.170 e. The summed E-state index contributed by atoms with van der Waals surface area (Å²) in [5.74, 6) is 0. The van der Waals surface area contributed by atoms with E-state index in [2.05, 4.69) is 85.2 Å². The number of halogens is 1. The van der Waals surface area contributed by atoms with Gasteiger partial charge in [0.05, 0.1) is 17.8 Å². The van der Waals surface area contributed by atoms with Crippen molar-refractivity contribution in [3.8, 4) is 5.69 Å². The number of nitrogens with zero attached hydrogens (tertiary/aromatic N) is 3. The van der Waals surface area contributed by atoms with E-state index in [4.69, 9.17) is 12.2 Å². The van der Waals surface area contributed by atoms with Gasteiger partial charge in [-0.15, -0.1) is 0 Å². The van der Waals surface area contributed by atoms with Crippen molar-refractivity contribution < 1.29 is 0 Å². The highest BCUT2D eigenvalue weighted by Crippen LogP contribution is 2.39. The smallest absolute Gasteiger partial charge is 0.170 e. The van der Waals surface area contributed by atoms with Gasteiger partial charge in [0.25, 0.3) is 0 Å². The first kappa shape index (κ1) is 19.2. The molecule has 1 saturated heterocycles. The summed E-state index contributed by atoms with van der Waals surface area (Å²) in [5.41, 5.74) is 3.34. The van der Waals surface area contributed by atoms with Gasteiger partial charge in [-0.2, -0.15) is 0 Å².